The first-order valence-corrected chi connectivity index (χ1v) is 10.0. The van der Waals surface area contributed by atoms with Crippen molar-refractivity contribution in [3.8, 4) is 0 Å². The van der Waals surface area contributed by atoms with Gasteiger partial charge < -0.3 is 10.4 Å². The molecular formula is C18H20Br2N2O3. The second kappa shape index (κ2) is 8.01. The molecule has 0 unspecified atom stereocenters. The van der Waals surface area contributed by atoms with E-state index in [1.165, 1.54) is 43.7 Å². The maximum Gasteiger partial charge on any atom is 0.277 e. The summed E-state index contributed by atoms with van der Waals surface area (Å²) < 4.78 is 1.70. The zero-order valence-electron chi connectivity index (χ0n) is 13.7. The van der Waals surface area contributed by atoms with Crippen molar-refractivity contribution in [1.29, 1.82) is 0 Å². The molecule has 3 rings (SSSR count). The van der Waals surface area contributed by atoms with Crippen molar-refractivity contribution in [2.45, 2.75) is 38.0 Å². The Hall–Kier alpha value is -1.18. The molecule has 1 saturated carbocycles. The van der Waals surface area contributed by atoms with Crippen LogP contribution in [0.15, 0.2) is 32.9 Å². The third kappa shape index (κ3) is 3.99. The summed E-state index contributed by atoms with van der Waals surface area (Å²) in [6, 6.07) is 4.19. The van der Waals surface area contributed by atoms with Crippen molar-refractivity contribution in [2.24, 2.45) is 0 Å². The fraction of sp³-hybridized carbons (Fsp3) is 0.444. The first-order valence-electron chi connectivity index (χ1n) is 8.45. The number of anilines is 1. The number of nitrogens with zero attached hydrogens (tertiary/aromatic N) is 1. The number of aliphatic hydroxyl groups excluding tert-OH is 1. The highest BCUT2D eigenvalue weighted by molar-refractivity contribution is 9.11. The number of amides is 2. The van der Waals surface area contributed by atoms with Crippen LogP contribution in [0.1, 0.15) is 43.6 Å². The van der Waals surface area contributed by atoms with E-state index >= 15 is 0 Å². The Labute approximate surface area is 163 Å². The Balaban J connectivity index is 1.80. The lowest BCUT2D eigenvalue weighted by Crippen LogP contribution is -2.34. The highest BCUT2D eigenvalue weighted by Gasteiger charge is 2.31. The van der Waals surface area contributed by atoms with Gasteiger partial charge in [0, 0.05) is 15.0 Å². The van der Waals surface area contributed by atoms with Gasteiger partial charge in [-0.1, -0.05) is 19.3 Å². The second-order valence-corrected chi connectivity index (χ2v) is 8.10. The van der Waals surface area contributed by atoms with Gasteiger partial charge in [0.25, 0.3) is 11.8 Å². The van der Waals surface area contributed by atoms with E-state index in [9.17, 15) is 9.59 Å². The first-order chi connectivity index (χ1) is 12.0. The summed E-state index contributed by atoms with van der Waals surface area (Å²) >= 11 is 7.17. The number of halogens is 2. The van der Waals surface area contributed by atoms with Gasteiger partial charge in [-0.2, -0.15) is 0 Å². The predicted octanol–water partition coefficient (Wildman–Crippen LogP) is 3.92. The zero-order valence-corrected chi connectivity index (χ0v) is 16.9. The van der Waals surface area contributed by atoms with E-state index < -0.39 is 11.8 Å². The molecule has 7 heteroatoms. The van der Waals surface area contributed by atoms with E-state index in [2.05, 4.69) is 49.3 Å². The van der Waals surface area contributed by atoms with Crippen LogP contribution in [0.2, 0.25) is 0 Å². The average Bonchev–Trinajstić information content (AvgIpc) is 2.86. The van der Waals surface area contributed by atoms with Crippen LogP contribution in [0.25, 0.3) is 0 Å². The van der Waals surface area contributed by atoms with Crippen LogP contribution in [0.5, 0.6) is 0 Å². The van der Waals surface area contributed by atoms with Crippen LogP contribution in [0, 0.1) is 0 Å². The summed E-state index contributed by atoms with van der Waals surface area (Å²) in [5.41, 5.74) is 2.22. The van der Waals surface area contributed by atoms with Crippen LogP contribution in [0.4, 0.5) is 5.69 Å². The number of hydrogen-bond acceptors (Lipinski definition) is 4. The molecule has 0 aromatic heterocycles. The van der Waals surface area contributed by atoms with Crippen molar-refractivity contribution in [3.05, 3.63) is 38.4 Å². The van der Waals surface area contributed by atoms with Gasteiger partial charge in [0.1, 0.15) is 5.70 Å². The largest absolute Gasteiger partial charge is 0.395 e. The van der Waals surface area contributed by atoms with Crippen molar-refractivity contribution in [3.63, 3.8) is 0 Å². The molecule has 1 fully saturated rings. The monoisotopic (exact) mass is 470 g/mol. The number of carbonyl (C=O) groups is 2. The number of hydrogen-bond donors (Lipinski definition) is 2. The molecule has 1 heterocycles. The lowest BCUT2D eigenvalue weighted by Gasteiger charge is -2.23. The smallest absolute Gasteiger partial charge is 0.277 e. The van der Waals surface area contributed by atoms with E-state index in [1.54, 1.807) is 0 Å². The molecule has 134 valence electrons. The number of rotatable bonds is 5. The number of nitrogens with one attached hydrogen (secondary N) is 1. The van der Waals surface area contributed by atoms with E-state index in [0.29, 0.717) is 5.92 Å². The standard InChI is InChI=1S/C18H20Br2N2O3/c19-13-8-12(11-4-2-1-3-5-11)9-14(20)17(13)21-15-10-16(24)22(6-7-23)18(15)25/h8-11,21,23H,1-7H2. The van der Waals surface area contributed by atoms with Gasteiger partial charge in [0.15, 0.2) is 0 Å². The SMILES string of the molecule is O=C1C=C(Nc2c(Br)cc(C3CCCCC3)cc2Br)C(=O)N1CCO. The van der Waals surface area contributed by atoms with E-state index in [0.717, 1.165) is 19.5 Å². The fourth-order valence-electron chi connectivity index (χ4n) is 3.43. The van der Waals surface area contributed by atoms with Gasteiger partial charge >= 0.3 is 0 Å². The number of imide groups is 1. The molecular weight excluding hydrogens is 452 g/mol. The maximum atomic E-state index is 12.3. The Bertz CT molecular complexity index is 704. The molecule has 1 aliphatic carbocycles. The van der Waals surface area contributed by atoms with Gasteiger partial charge in [0.05, 0.1) is 18.8 Å². The Morgan fingerprint density at radius 1 is 1.12 bits per heavy atom. The second-order valence-electron chi connectivity index (χ2n) is 6.40. The topological polar surface area (TPSA) is 69.6 Å². The molecule has 2 N–H and O–H groups in total. The average molecular weight is 472 g/mol. The molecule has 1 aromatic rings. The number of benzene rings is 1. The van der Waals surface area contributed by atoms with Crippen LogP contribution in [-0.4, -0.2) is 35.0 Å². The lowest BCUT2D eigenvalue weighted by atomic mass is 9.84. The third-order valence-corrected chi connectivity index (χ3v) is 5.98. The molecule has 0 atom stereocenters. The Kier molecular flexibility index (Phi) is 5.96. The van der Waals surface area contributed by atoms with Gasteiger partial charge in [0.2, 0.25) is 0 Å². The molecule has 0 bridgehead atoms. The molecule has 0 saturated heterocycles. The van der Waals surface area contributed by atoms with Gasteiger partial charge in [-0.05, 0) is 68.3 Å². The van der Waals surface area contributed by atoms with E-state index in [1.807, 2.05) is 0 Å². The van der Waals surface area contributed by atoms with E-state index in [-0.39, 0.29) is 18.8 Å². The summed E-state index contributed by atoms with van der Waals surface area (Å²) in [7, 11) is 0. The molecule has 0 spiro atoms. The summed E-state index contributed by atoms with van der Waals surface area (Å²) in [6.07, 6.45) is 7.53. The zero-order chi connectivity index (χ0) is 18.0. The lowest BCUT2D eigenvalue weighted by molar-refractivity contribution is -0.137. The molecule has 2 amide bonds. The Morgan fingerprint density at radius 2 is 1.76 bits per heavy atom. The highest BCUT2D eigenvalue weighted by Crippen LogP contribution is 2.40. The van der Waals surface area contributed by atoms with Gasteiger partial charge in [-0.15, -0.1) is 0 Å². The molecule has 5 nitrogen and oxygen atoms in total. The molecule has 2 aliphatic rings. The molecule has 1 aromatic carbocycles. The van der Waals surface area contributed by atoms with Crippen molar-refractivity contribution in [1.82, 2.24) is 4.90 Å². The molecule has 0 radical (unpaired) electrons. The maximum absolute atomic E-state index is 12.3. The normalized spacial score (nSPS) is 18.7. The van der Waals surface area contributed by atoms with Gasteiger partial charge in [-0.3, -0.25) is 14.5 Å². The number of β-amino-alcohol motifs (C(OH)–C–C–N with tert-alkyl or cyclic N) is 1. The summed E-state index contributed by atoms with van der Waals surface area (Å²) in [4.78, 5) is 25.2. The summed E-state index contributed by atoms with van der Waals surface area (Å²) in [6.45, 7) is -0.246. The van der Waals surface area contributed by atoms with Crippen LogP contribution >= 0.6 is 31.9 Å². The fourth-order valence-corrected chi connectivity index (χ4v) is 4.85. The summed E-state index contributed by atoms with van der Waals surface area (Å²) in [5.74, 6) is -0.258. The van der Waals surface area contributed by atoms with Crippen molar-refractivity contribution < 1.29 is 14.7 Å². The number of aliphatic hydroxyl groups is 1. The molecule has 25 heavy (non-hydrogen) atoms. The van der Waals surface area contributed by atoms with Crippen LogP contribution < -0.4 is 5.32 Å². The third-order valence-electron chi connectivity index (χ3n) is 4.73. The van der Waals surface area contributed by atoms with Crippen molar-refractivity contribution >= 4 is 49.4 Å². The predicted molar refractivity (Wildman–Crippen MR) is 103 cm³/mol. The highest BCUT2D eigenvalue weighted by atomic mass is 79.9. The minimum absolute atomic E-state index is 0.00229. The molecule has 1 aliphatic heterocycles. The summed E-state index contributed by atoms with van der Waals surface area (Å²) in [5, 5.41) is 12.0. The first kappa shape index (κ1) is 18.6. The van der Waals surface area contributed by atoms with Crippen molar-refractivity contribution in [2.75, 3.05) is 18.5 Å². The van der Waals surface area contributed by atoms with E-state index in [4.69, 9.17) is 5.11 Å². The quantitative estimate of drug-likeness (QED) is 0.638. The minimum Gasteiger partial charge on any atom is -0.395 e. The number of carbonyl (C=O) groups excluding carboxylic acids is 2. The van der Waals surface area contributed by atoms with Crippen LogP contribution in [0.3, 0.4) is 0 Å². The Morgan fingerprint density at radius 3 is 2.36 bits per heavy atom. The van der Waals surface area contributed by atoms with Gasteiger partial charge in [-0.25, -0.2) is 0 Å². The minimum atomic E-state index is -0.422. The van der Waals surface area contributed by atoms with Crippen LogP contribution in [-0.2, 0) is 9.59 Å².